The highest BCUT2D eigenvalue weighted by Gasteiger charge is 2.64. The summed E-state index contributed by atoms with van der Waals surface area (Å²) in [5.74, 6) is 0.00150. The van der Waals surface area contributed by atoms with Crippen LogP contribution in [0, 0.1) is 5.92 Å². The number of piperidine rings is 1. The van der Waals surface area contributed by atoms with Gasteiger partial charge in [-0.1, -0.05) is 0 Å². The van der Waals surface area contributed by atoms with Crippen molar-refractivity contribution in [1.82, 2.24) is 5.32 Å². The molecule has 2 N–H and O–H groups in total. The lowest BCUT2D eigenvalue weighted by Gasteiger charge is -2.34. The molecular formula is C7H10F3NO. The molecule has 12 heavy (non-hydrogen) atoms. The average Bonchev–Trinajstić information content (AvgIpc) is 2.43. The van der Waals surface area contributed by atoms with Crippen molar-refractivity contribution < 1.29 is 18.3 Å². The number of aliphatic hydroxyl groups is 1. The van der Waals surface area contributed by atoms with Gasteiger partial charge in [-0.2, -0.15) is 13.2 Å². The Labute approximate surface area is 67.8 Å². The molecule has 1 saturated heterocycles. The summed E-state index contributed by atoms with van der Waals surface area (Å²) in [5.41, 5.74) is -2.46. The van der Waals surface area contributed by atoms with Crippen LogP contribution in [0.4, 0.5) is 13.2 Å². The third kappa shape index (κ3) is 0.894. The lowest BCUT2D eigenvalue weighted by Crippen LogP contribution is -2.57. The minimum atomic E-state index is -4.49. The van der Waals surface area contributed by atoms with Crippen LogP contribution in [0.3, 0.4) is 0 Å². The van der Waals surface area contributed by atoms with Crippen molar-refractivity contribution in [3.8, 4) is 0 Å². The van der Waals surface area contributed by atoms with Gasteiger partial charge in [-0.25, -0.2) is 0 Å². The van der Waals surface area contributed by atoms with E-state index in [1.807, 2.05) is 0 Å². The van der Waals surface area contributed by atoms with Gasteiger partial charge in [0.1, 0.15) is 0 Å². The number of fused-ring (bicyclic) bond motifs is 2. The van der Waals surface area contributed by atoms with Crippen LogP contribution in [0.1, 0.15) is 12.8 Å². The number of hydrogen-bond acceptors (Lipinski definition) is 2. The summed E-state index contributed by atoms with van der Waals surface area (Å²) < 4.78 is 36.9. The van der Waals surface area contributed by atoms with Crippen molar-refractivity contribution in [3.05, 3.63) is 0 Å². The molecule has 2 aliphatic rings. The molecule has 3 unspecified atom stereocenters. The molecule has 0 spiro atoms. The van der Waals surface area contributed by atoms with Crippen LogP contribution in [0.2, 0.25) is 0 Å². The third-order valence-corrected chi connectivity index (χ3v) is 2.89. The van der Waals surface area contributed by atoms with Crippen molar-refractivity contribution in [2.45, 2.75) is 30.7 Å². The minimum Gasteiger partial charge on any atom is -0.379 e. The molecule has 1 heterocycles. The molecule has 2 rings (SSSR count). The maximum absolute atomic E-state index is 12.3. The van der Waals surface area contributed by atoms with Crippen LogP contribution in [0.25, 0.3) is 0 Å². The van der Waals surface area contributed by atoms with Crippen LogP contribution in [0.15, 0.2) is 0 Å². The molecule has 5 heteroatoms. The number of hydrogen-bond donors (Lipinski definition) is 2. The molecule has 2 nitrogen and oxygen atoms in total. The van der Waals surface area contributed by atoms with Crippen molar-refractivity contribution in [2.75, 3.05) is 6.54 Å². The Morgan fingerprint density at radius 2 is 2.08 bits per heavy atom. The Hall–Kier alpha value is -0.290. The van der Waals surface area contributed by atoms with Gasteiger partial charge in [0.25, 0.3) is 0 Å². The van der Waals surface area contributed by atoms with Gasteiger partial charge in [0.15, 0.2) is 5.60 Å². The first kappa shape index (κ1) is 8.31. The topological polar surface area (TPSA) is 32.3 Å². The molecule has 0 aromatic rings. The maximum atomic E-state index is 12.3. The first-order valence-corrected chi connectivity index (χ1v) is 3.96. The number of rotatable bonds is 0. The lowest BCUT2D eigenvalue weighted by atomic mass is 9.93. The molecule has 0 aromatic carbocycles. The van der Waals surface area contributed by atoms with Crippen molar-refractivity contribution in [1.29, 1.82) is 0 Å². The van der Waals surface area contributed by atoms with Gasteiger partial charge < -0.3 is 10.4 Å². The Kier molecular flexibility index (Phi) is 1.48. The second kappa shape index (κ2) is 2.14. The molecule has 70 valence electrons. The lowest BCUT2D eigenvalue weighted by molar-refractivity contribution is -0.268. The van der Waals surface area contributed by atoms with Gasteiger partial charge in [0.05, 0.1) is 0 Å². The predicted octanol–water partition coefficient (Wildman–Crippen LogP) is 0.662. The number of nitrogens with one attached hydrogen (secondary N) is 1. The summed E-state index contributed by atoms with van der Waals surface area (Å²) >= 11 is 0. The molecule has 2 fully saturated rings. The molecule has 0 amide bonds. The van der Waals surface area contributed by atoms with E-state index in [2.05, 4.69) is 5.32 Å². The summed E-state index contributed by atoms with van der Waals surface area (Å²) in [6.07, 6.45) is -4.16. The van der Waals surface area contributed by atoms with E-state index in [0.29, 0.717) is 13.0 Å². The highest BCUT2D eigenvalue weighted by Crippen LogP contribution is 2.48. The van der Waals surface area contributed by atoms with Crippen molar-refractivity contribution in [3.63, 3.8) is 0 Å². The Morgan fingerprint density at radius 3 is 2.33 bits per heavy atom. The highest BCUT2D eigenvalue weighted by atomic mass is 19.4. The van der Waals surface area contributed by atoms with E-state index in [1.54, 1.807) is 0 Å². The first-order chi connectivity index (χ1) is 5.43. The van der Waals surface area contributed by atoms with E-state index in [4.69, 9.17) is 0 Å². The fourth-order valence-electron chi connectivity index (χ4n) is 2.22. The average molecular weight is 181 g/mol. The fourth-order valence-corrected chi connectivity index (χ4v) is 2.22. The zero-order chi connectivity index (χ0) is 8.98. The standard InChI is InChI=1S/C7H10F3NO/c8-7(9,10)6(12)2-4-1-5(6)11-3-4/h4-5,11-12H,1-3H2. The highest BCUT2D eigenvalue weighted by molar-refractivity contribution is 5.09. The van der Waals surface area contributed by atoms with Gasteiger partial charge in [-0.3, -0.25) is 0 Å². The monoisotopic (exact) mass is 181 g/mol. The largest absolute Gasteiger partial charge is 0.418 e. The van der Waals surface area contributed by atoms with Gasteiger partial charge in [-0.15, -0.1) is 0 Å². The van der Waals surface area contributed by atoms with Crippen LogP contribution < -0.4 is 5.32 Å². The normalized spacial score (nSPS) is 47.0. The number of halogens is 3. The summed E-state index contributed by atoms with van der Waals surface area (Å²) in [4.78, 5) is 0. The smallest absolute Gasteiger partial charge is 0.379 e. The second-order valence-corrected chi connectivity index (χ2v) is 3.69. The molecular weight excluding hydrogens is 171 g/mol. The summed E-state index contributed by atoms with van der Waals surface area (Å²) in [7, 11) is 0. The second-order valence-electron chi connectivity index (χ2n) is 3.69. The number of alkyl halides is 3. The van der Waals surface area contributed by atoms with Crippen LogP contribution in [0.5, 0.6) is 0 Å². The fraction of sp³-hybridized carbons (Fsp3) is 1.00. The van der Waals surface area contributed by atoms with Gasteiger partial charge >= 0.3 is 6.18 Å². The molecule has 0 radical (unpaired) electrons. The van der Waals surface area contributed by atoms with Crippen molar-refractivity contribution >= 4 is 0 Å². The van der Waals surface area contributed by atoms with E-state index >= 15 is 0 Å². The molecule has 0 aromatic heterocycles. The van der Waals surface area contributed by atoms with E-state index in [-0.39, 0.29) is 12.3 Å². The minimum absolute atomic E-state index is 0.00150. The predicted molar refractivity (Wildman–Crippen MR) is 35.5 cm³/mol. The first-order valence-electron chi connectivity index (χ1n) is 3.96. The molecule has 1 aliphatic carbocycles. The van der Waals surface area contributed by atoms with E-state index in [0.717, 1.165) is 0 Å². The van der Waals surface area contributed by atoms with E-state index in [9.17, 15) is 18.3 Å². The van der Waals surface area contributed by atoms with Crippen LogP contribution >= 0.6 is 0 Å². The molecule has 3 atom stereocenters. The SMILES string of the molecule is OC1(C(F)(F)F)CC2CNC1C2. The van der Waals surface area contributed by atoms with Crippen LogP contribution in [-0.2, 0) is 0 Å². The quantitative estimate of drug-likeness (QED) is 0.575. The maximum Gasteiger partial charge on any atom is 0.418 e. The third-order valence-electron chi connectivity index (χ3n) is 2.89. The van der Waals surface area contributed by atoms with Crippen LogP contribution in [-0.4, -0.2) is 29.5 Å². The molecule has 1 aliphatic heterocycles. The van der Waals surface area contributed by atoms with E-state index < -0.39 is 17.8 Å². The zero-order valence-corrected chi connectivity index (χ0v) is 6.36. The summed E-state index contributed by atoms with van der Waals surface area (Å²) in [6, 6.07) is -0.775. The zero-order valence-electron chi connectivity index (χ0n) is 6.36. The summed E-state index contributed by atoms with van der Waals surface area (Å²) in [6.45, 7) is 0.614. The van der Waals surface area contributed by atoms with E-state index in [1.165, 1.54) is 0 Å². The summed E-state index contributed by atoms with van der Waals surface area (Å²) in [5, 5.41) is 12.0. The van der Waals surface area contributed by atoms with Gasteiger partial charge in [0, 0.05) is 6.04 Å². The van der Waals surface area contributed by atoms with Gasteiger partial charge in [0.2, 0.25) is 0 Å². The van der Waals surface area contributed by atoms with Gasteiger partial charge in [-0.05, 0) is 25.3 Å². The van der Waals surface area contributed by atoms with Crippen molar-refractivity contribution in [2.24, 2.45) is 5.92 Å². The Bertz CT molecular complexity index is 205. The Morgan fingerprint density at radius 1 is 1.42 bits per heavy atom. The molecule has 1 saturated carbocycles. The Balaban J connectivity index is 2.23. The molecule has 2 bridgehead atoms.